The molecule has 1 atom stereocenters. The molecular formula is C36H45N2O9S2-. The number of anilines is 1. The Bertz CT molecular complexity index is 2030. The third-order valence-electron chi connectivity index (χ3n) is 9.06. The second-order valence-electron chi connectivity index (χ2n) is 13.6. The number of benzene rings is 2. The summed E-state index contributed by atoms with van der Waals surface area (Å²) >= 11 is 0. The van der Waals surface area contributed by atoms with E-state index < -0.39 is 42.3 Å². The van der Waals surface area contributed by atoms with Gasteiger partial charge in [-0.2, -0.15) is 0 Å². The number of hydrogen-bond acceptors (Lipinski definition) is 9. The van der Waals surface area contributed by atoms with Crippen LogP contribution in [0.2, 0.25) is 0 Å². The highest BCUT2D eigenvalue weighted by Gasteiger charge is 2.43. The Balaban J connectivity index is 1.89. The van der Waals surface area contributed by atoms with Gasteiger partial charge in [0.2, 0.25) is 5.36 Å². The van der Waals surface area contributed by atoms with E-state index >= 15 is 0 Å². The van der Waals surface area contributed by atoms with Crippen LogP contribution in [0.3, 0.4) is 0 Å². The van der Waals surface area contributed by atoms with Crippen LogP contribution in [0.1, 0.15) is 84.1 Å². The van der Waals surface area contributed by atoms with Gasteiger partial charge in [0.25, 0.3) is 0 Å². The van der Waals surface area contributed by atoms with E-state index in [2.05, 4.69) is 51.3 Å². The molecule has 0 fully saturated rings. The van der Waals surface area contributed by atoms with Gasteiger partial charge in [0.05, 0.1) is 21.1 Å². The smallest absolute Gasteiger partial charge is 0.303 e. The van der Waals surface area contributed by atoms with E-state index in [-0.39, 0.29) is 37.6 Å². The summed E-state index contributed by atoms with van der Waals surface area (Å²) in [5.74, 6) is -0.288. The maximum absolute atomic E-state index is 12.0. The van der Waals surface area contributed by atoms with Crippen molar-refractivity contribution in [1.29, 1.82) is 0 Å². The summed E-state index contributed by atoms with van der Waals surface area (Å²) in [6, 6.07) is 12.2. The SMILES string of the molecule is CC[N+](CC)=c1ccc2c(C(C)(C)C)cc(C=CC=C3N(CCCS(=O)(=O)[O-])c4ccc(S(=O)(=O)[O-])cc4C3(C)CCCC(=O)O)oc-2c1. The van der Waals surface area contributed by atoms with Crippen molar-refractivity contribution in [3.8, 4) is 11.3 Å². The van der Waals surface area contributed by atoms with Crippen molar-refractivity contribution >= 4 is 38.0 Å². The molecule has 1 aromatic carbocycles. The molecule has 3 aliphatic rings. The number of hydrogen-bond donors (Lipinski definition) is 1. The van der Waals surface area contributed by atoms with Crippen LogP contribution in [0.25, 0.3) is 17.4 Å². The van der Waals surface area contributed by atoms with Crippen molar-refractivity contribution in [2.24, 2.45) is 0 Å². The third-order valence-corrected chi connectivity index (χ3v) is 10.7. The molecule has 266 valence electrons. The van der Waals surface area contributed by atoms with Gasteiger partial charge in [0.1, 0.15) is 34.7 Å². The van der Waals surface area contributed by atoms with Gasteiger partial charge in [-0.3, -0.25) is 4.79 Å². The zero-order valence-electron chi connectivity index (χ0n) is 28.9. The topological polar surface area (TPSA) is 171 Å². The molecule has 0 amide bonds. The van der Waals surface area contributed by atoms with Crippen LogP contribution in [0.4, 0.5) is 5.69 Å². The molecule has 0 spiro atoms. The predicted molar refractivity (Wildman–Crippen MR) is 187 cm³/mol. The summed E-state index contributed by atoms with van der Waals surface area (Å²) in [5.41, 5.74) is 2.60. The monoisotopic (exact) mass is 713 g/mol. The molecule has 1 aromatic rings. The van der Waals surface area contributed by atoms with Crippen LogP contribution in [-0.2, 0) is 35.9 Å². The number of rotatable bonds is 13. The molecule has 0 aromatic heterocycles. The minimum absolute atomic E-state index is 0.0110. The van der Waals surface area contributed by atoms with E-state index in [1.165, 1.54) is 18.2 Å². The van der Waals surface area contributed by atoms with Gasteiger partial charge in [-0.05, 0) is 99.1 Å². The van der Waals surface area contributed by atoms with Crippen molar-refractivity contribution in [3.63, 3.8) is 0 Å². The first-order chi connectivity index (χ1) is 22.8. The minimum atomic E-state index is -4.81. The van der Waals surface area contributed by atoms with Gasteiger partial charge < -0.3 is 23.5 Å². The zero-order chi connectivity index (χ0) is 36.4. The lowest BCUT2D eigenvalue weighted by molar-refractivity contribution is -0.137. The van der Waals surface area contributed by atoms with E-state index in [4.69, 9.17) is 4.42 Å². The van der Waals surface area contributed by atoms with Gasteiger partial charge in [0.15, 0.2) is 0 Å². The lowest BCUT2D eigenvalue weighted by atomic mass is 9.77. The van der Waals surface area contributed by atoms with Gasteiger partial charge >= 0.3 is 5.97 Å². The van der Waals surface area contributed by atoms with E-state index in [1.54, 1.807) is 23.1 Å². The normalized spacial score (nSPS) is 17.7. The van der Waals surface area contributed by atoms with Gasteiger partial charge in [-0.15, -0.1) is 0 Å². The van der Waals surface area contributed by atoms with Crippen LogP contribution in [0.5, 0.6) is 0 Å². The number of allylic oxidation sites excluding steroid dienone is 3. The Labute approximate surface area is 289 Å². The fraction of sp³-hybridized carbons (Fsp3) is 0.444. The molecular weight excluding hydrogens is 669 g/mol. The summed E-state index contributed by atoms with van der Waals surface area (Å²) in [4.78, 5) is 12.8. The Morgan fingerprint density at radius 1 is 1.02 bits per heavy atom. The molecule has 0 radical (unpaired) electrons. The van der Waals surface area contributed by atoms with E-state index in [1.807, 2.05) is 19.1 Å². The molecule has 2 heterocycles. The first kappa shape index (κ1) is 38.0. The quantitative estimate of drug-likeness (QED) is 0.182. The molecule has 4 rings (SSSR count). The van der Waals surface area contributed by atoms with Crippen LogP contribution in [-0.4, -0.2) is 62.4 Å². The second kappa shape index (κ2) is 14.6. The second-order valence-corrected chi connectivity index (χ2v) is 16.5. The third kappa shape index (κ3) is 8.88. The van der Waals surface area contributed by atoms with Gasteiger partial charge in [-0.1, -0.05) is 26.8 Å². The number of fused-ring (bicyclic) bond motifs is 2. The lowest BCUT2D eigenvalue weighted by Crippen LogP contribution is -2.30. The average molecular weight is 714 g/mol. The van der Waals surface area contributed by atoms with Crippen LogP contribution < -0.4 is 14.8 Å². The highest BCUT2D eigenvalue weighted by atomic mass is 32.2. The lowest BCUT2D eigenvalue weighted by Gasteiger charge is -2.30. The maximum atomic E-state index is 12.0. The Kier molecular flexibility index (Phi) is 11.3. The molecule has 1 aliphatic carbocycles. The molecule has 49 heavy (non-hydrogen) atoms. The first-order valence-electron chi connectivity index (χ1n) is 16.4. The molecule has 11 nitrogen and oxygen atoms in total. The summed E-state index contributed by atoms with van der Waals surface area (Å²) in [6.45, 7) is 14.2. The fourth-order valence-corrected chi connectivity index (χ4v) is 7.58. The molecule has 0 saturated carbocycles. The maximum Gasteiger partial charge on any atom is 0.303 e. The van der Waals surface area contributed by atoms with Crippen LogP contribution >= 0.6 is 0 Å². The molecule has 2 aliphatic heterocycles. The van der Waals surface area contributed by atoms with E-state index in [9.17, 15) is 35.8 Å². The zero-order valence-corrected chi connectivity index (χ0v) is 30.5. The first-order valence-corrected chi connectivity index (χ1v) is 19.4. The molecule has 1 unspecified atom stereocenters. The van der Waals surface area contributed by atoms with E-state index in [0.717, 1.165) is 35.3 Å². The number of aliphatic carboxylic acids is 1. The van der Waals surface area contributed by atoms with Crippen LogP contribution in [0, 0.1) is 0 Å². The molecule has 0 bridgehead atoms. The van der Waals surface area contributed by atoms with Crippen molar-refractivity contribution in [2.75, 3.05) is 30.3 Å². The average Bonchev–Trinajstić information content (AvgIpc) is 3.22. The van der Waals surface area contributed by atoms with Crippen molar-refractivity contribution in [1.82, 2.24) is 4.58 Å². The highest BCUT2D eigenvalue weighted by Crippen LogP contribution is 2.51. The number of carbonyl (C=O) groups is 1. The predicted octanol–water partition coefficient (Wildman–Crippen LogP) is 5.26. The summed E-state index contributed by atoms with van der Waals surface area (Å²) < 4.78 is 79.1. The Hall–Kier alpha value is -3.78. The van der Waals surface area contributed by atoms with E-state index in [0.29, 0.717) is 22.7 Å². The molecule has 0 saturated heterocycles. The Morgan fingerprint density at radius 3 is 2.31 bits per heavy atom. The summed E-state index contributed by atoms with van der Waals surface area (Å²) in [7, 11) is -9.31. The molecule has 1 N–H and O–H groups in total. The number of carboxylic acid groups (broad SMARTS) is 1. The van der Waals surface area contributed by atoms with Crippen molar-refractivity contribution in [3.05, 3.63) is 82.6 Å². The summed E-state index contributed by atoms with van der Waals surface area (Å²) in [6.07, 6.45) is 5.78. The van der Waals surface area contributed by atoms with Gasteiger partial charge in [-0.25, -0.2) is 21.4 Å². The number of carboxylic acids is 1. The number of nitrogens with zero attached hydrogens (tertiary/aromatic N) is 2. The molecule has 13 heteroatoms. The van der Waals surface area contributed by atoms with Crippen LogP contribution in [0.15, 0.2) is 69.6 Å². The van der Waals surface area contributed by atoms with Gasteiger partial charge in [0, 0.05) is 47.1 Å². The van der Waals surface area contributed by atoms with Crippen molar-refractivity contribution < 1.29 is 40.3 Å². The summed E-state index contributed by atoms with van der Waals surface area (Å²) in [5, 5.41) is 10.4. The highest BCUT2D eigenvalue weighted by molar-refractivity contribution is 7.86. The fourth-order valence-electron chi connectivity index (χ4n) is 6.60. The standard InChI is InChI=1S/C36H46N2O9S2/c1-7-37(8-2)25-15-17-28-29(35(3,4)5)23-26(47-32(28)22-25)12-9-13-33-36(6,19-10-14-34(39)40)30-24-27(49(44,45)46)16-18-31(30)38(33)20-11-21-48(41,42)43/h9,12-13,15-18,22-24H,7-8,10-11,14,19-21H2,1-6H3,(H2-,39,40,41,42,43,44,45,46)/p-1. The minimum Gasteiger partial charge on any atom is -0.748 e. The largest absolute Gasteiger partial charge is 0.748 e. The van der Waals surface area contributed by atoms with Crippen molar-refractivity contribution in [2.45, 2.75) is 83.0 Å². The Morgan fingerprint density at radius 2 is 1.71 bits per heavy atom.